The Morgan fingerprint density at radius 2 is 0.313 bits per heavy atom. The first-order valence-corrected chi connectivity index (χ1v) is 42.0. The fourth-order valence-corrected chi connectivity index (χ4v) is 9.62. The van der Waals surface area contributed by atoms with E-state index in [0.717, 1.165) is 31.2 Å². The molecule has 28 nitrogen and oxygen atoms in total. The van der Waals surface area contributed by atoms with Crippen LogP contribution < -0.4 is 75.8 Å². The number of phenolic OH excluding ortho intramolecular Hbond substituents is 12. The van der Waals surface area contributed by atoms with Gasteiger partial charge in [-0.1, -0.05) is 180 Å². The molecule has 12 rings (SSSR count). The van der Waals surface area contributed by atoms with Crippen molar-refractivity contribution in [3.63, 3.8) is 0 Å². The molecule has 0 radical (unpaired) electrons. The maximum Gasteiger partial charge on any atom is 0.200 e. The minimum atomic E-state index is 0.0394. The Kier molecular flexibility index (Phi) is 62.4. The topological polar surface area (TPSA) is 390 Å². The molecule has 12 aromatic rings. The molecule has 0 aliphatic carbocycles. The minimum Gasteiger partial charge on any atom is -0.508 e. The van der Waals surface area contributed by atoms with Gasteiger partial charge in [0, 0.05) is 0 Å². The number of hydrogen-bond acceptors (Lipinski definition) is 28. The Hall–Kier alpha value is -15.0. The third-order valence-electron chi connectivity index (χ3n) is 16.5. The van der Waals surface area contributed by atoms with Crippen LogP contribution in [0.3, 0.4) is 0 Å². The summed E-state index contributed by atoms with van der Waals surface area (Å²) in [5.41, 5.74) is 5.57. The van der Waals surface area contributed by atoms with Crippen molar-refractivity contribution in [3.05, 3.63) is 265 Å². The summed E-state index contributed by atoms with van der Waals surface area (Å²) in [4.78, 5) is 0. The first kappa shape index (κ1) is 121. The van der Waals surface area contributed by atoms with Crippen molar-refractivity contribution in [1.29, 1.82) is 0 Å². The van der Waals surface area contributed by atoms with Gasteiger partial charge in [0.05, 0.1) is 114 Å². The van der Waals surface area contributed by atoms with E-state index in [9.17, 15) is 40.9 Å². The number of rotatable bonds is 20. The largest absolute Gasteiger partial charge is 0.508 e. The van der Waals surface area contributed by atoms with Gasteiger partial charge in [0.2, 0.25) is 28.7 Å². The lowest BCUT2D eigenvalue weighted by molar-refractivity contribution is 0.339. The van der Waals surface area contributed by atoms with Gasteiger partial charge in [0.25, 0.3) is 0 Å². The van der Waals surface area contributed by atoms with E-state index < -0.39 is 0 Å². The number of benzene rings is 12. The molecular weight excluding hydrogens is 1720 g/mol. The van der Waals surface area contributed by atoms with Crippen LogP contribution in [-0.2, 0) is 25.7 Å². The van der Waals surface area contributed by atoms with Crippen molar-refractivity contribution < 1.29 is 137 Å². The van der Waals surface area contributed by atoms with Gasteiger partial charge >= 0.3 is 0 Å². The van der Waals surface area contributed by atoms with Gasteiger partial charge < -0.3 is 137 Å². The molecular formula is C106H144O28. The summed E-state index contributed by atoms with van der Waals surface area (Å²) in [7, 11) is 24.2. The van der Waals surface area contributed by atoms with Crippen LogP contribution in [0.1, 0.15) is 105 Å². The molecule has 12 N–H and O–H groups in total. The van der Waals surface area contributed by atoms with Crippen LogP contribution in [0.15, 0.2) is 243 Å². The lowest BCUT2D eigenvalue weighted by atomic mass is 10.0. The molecule has 28 heteroatoms. The molecule has 0 amide bonds. The lowest BCUT2D eigenvalue weighted by Gasteiger charge is -2.09. The van der Waals surface area contributed by atoms with Crippen molar-refractivity contribution in [2.45, 2.75) is 109 Å². The highest BCUT2D eigenvalue weighted by atomic mass is 16.5. The minimum absolute atomic E-state index is 0.0394. The van der Waals surface area contributed by atoms with Gasteiger partial charge in [-0.3, -0.25) is 0 Å². The quantitative estimate of drug-likeness (QED) is 0.0337. The number of aryl methyl sites for hydroxylation is 4. The first-order valence-electron chi connectivity index (χ1n) is 42.0. The third kappa shape index (κ3) is 50.3. The molecule has 0 atom stereocenters. The van der Waals surface area contributed by atoms with E-state index in [2.05, 4.69) is 76.2 Å². The van der Waals surface area contributed by atoms with Gasteiger partial charge in [-0.2, -0.15) is 0 Å². The highest BCUT2D eigenvalue weighted by molar-refractivity contribution is 5.55. The maximum atomic E-state index is 9.56. The molecule has 0 aliphatic heterocycles. The van der Waals surface area contributed by atoms with Crippen LogP contribution >= 0.6 is 0 Å². The summed E-state index contributed by atoms with van der Waals surface area (Å²) in [5, 5.41) is 110. The van der Waals surface area contributed by atoms with Crippen molar-refractivity contribution in [1.82, 2.24) is 0 Å². The molecule has 134 heavy (non-hydrogen) atoms. The molecule has 0 saturated carbocycles. The Labute approximate surface area is 792 Å². The van der Waals surface area contributed by atoms with E-state index in [1.54, 1.807) is 222 Å². The maximum absolute atomic E-state index is 9.56. The predicted octanol–water partition coefficient (Wildman–Crippen LogP) is 23.2. The van der Waals surface area contributed by atoms with Crippen molar-refractivity contribution in [2.24, 2.45) is 10.8 Å². The standard InChI is InChI=1S/C10H14O3.3C9H12O2.4C8H10O3.3C7H8O2.C6H6O.2C5H12/c1-4-7-5-8(12-2)10(11)9(6-7)13-3;3*1-3-7-4-5-8(10)9(6-7)11-2;4*1-10-6-4-3-5-7(11-2)8(6)9;3*1-9-7-5-3-2-4-6(7)8;7-6-4-2-1-3-5-6;2*1-5(2,3)4/h5-6,11H,4H2,1-3H3;3*4-6,10H,3H2,1-2H3;4*3-5,9H,1-2H3;3*2-5,8H,1H3;1-5,7H;2*1-4H3. The molecule has 0 bridgehead atoms. The molecule has 0 aliphatic rings. The van der Waals surface area contributed by atoms with Crippen LogP contribution in [0, 0.1) is 10.8 Å². The van der Waals surface area contributed by atoms with Crippen LogP contribution in [0.4, 0.5) is 0 Å². The van der Waals surface area contributed by atoms with Crippen LogP contribution in [0.2, 0.25) is 0 Å². The molecule has 0 saturated heterocycles. The van der Waals surface area contributed by atoms with Gasteiger partial charge in [-0.15, -0.1) is 0 Å². The van der Waals surface area contributed by atoms with Crippen LogP contribution in [-0.4, -0.2) is 175 Å². The Bertz CT molecular complexity index is 4530. The molecule has 0 spiro atoms. The average Bonchev–Trinajstić information content (AvgIpc) is 0.849. The summed E-state index contributed by atoms with van der Waals surface area (Å²) in [6.45, 7) is 25.7. The molecule has 12 aromatic carbocycles. The van der Waals surface area contributed by atoms with E-state index >= 15 is 0 Å². The smallest absolute Gasteiger partial charge is 0.200 e. The van der Waals surface area contributed by atoms with E-state index in [1.807, 2.05) is 49.4 Å². The van der Waals surface area contributed by atoms with E-state index in [-0.39, 0.29) is 63.2 Å². The van der Waals surface area contributed by atoms with E-state index in [1.165, 1.54) is 109 Å². The molecule has 736 valence electrons. The fourth-order valence-electron chi connectivity index (χ4n) is 9.62. The number of hydrogen-bond donors (Lipinski definition) is 12. The molecule has 0 aromatic heterocycles. The first-order chi connectivity index (χ1) is 63.6. The number of methoxy groups -OCH3 is 16. The summed E-state index contributed by atoms with van der Waals surface area (Å²) >= 11 is 0. The molecule has 0 fully saturated rings. The van der Waals surface area contributed by atoms with Crippen molar-refractivity contribution in [3.8, 4) is 161 Å². The van der Waals surface area contributed by atoms with E-state index in [4.69, 9.17) is 96.2 Å². The highest BCUT2D eigenvalue weighted by Gasteiger charge is 2.13. The summed E-state index contributed by atoms with van der Waals surface area (Å²) in [5.74, 6) is 9.12. The van der Waals surface area contributed by atoms with Crippen molar-refractivity contribution >= 4 is 0 Å². The van der Waals surface area contributed by atoms with Gasteiger partial charge in [0.15, 0.2) is 126 Å². The van der Waals surface area contributed by atoms with Gasteiger partial charge in [-0.25, -0.2) is 0 Å². The molecule has 0 heterocycles. The number of para-hydroxylation sites is 11. The van der Waals surface area contributed by atoms with Crippen LogP contribution in [0.5, 0.6) is 161 Å². The third-order valence-corrected chi connectivity index (χ3v) is 16.5. The average molecular weight is 1870 g/mol. The number of aromatic hydroxyl groups is 12. The Balaban J connectivity index is 0. The normalized spacial score (nSPS) is 9.52. The Morgan fingerprint density at radius 3 is 0.463 bits per heavy atom. The monoisotopic (exact) mass is 1860 g/mol. The SMILES string of the molecule is CC(C)(C)C.CC(C)(C)C.CCc1cc(OC)c(O)c(OC)c1.CCc1ccc(O)c(OC)c1.CCc1ccc(O)c(OC)c1.CCc1ccc(O)c(OC)c1.COc1cccc(OC)c1O.COc1cccc(OC)c1O.COc1cccc(OC)c1O.COc1cccc(OC)c1O.COc1ccccc1O.COc1ccccc1O.COc1ccccc1O.Oc1ccccc1. The Morgan fingerprint density at radius 1 is 0.164 bits per heavy atom. The second kappa shape index (κ2) is 69.0. The number of phenols is 12. The predicted molar refractivity (Wildman–Crippen MR) is 530 cm³/mol. The summed E-state index contributed by atoms with van der Waals surface area (Å²) in [6, 6.07) is 69.3. The zero-order chi connectivity index (χ0) is 102. The fraction of sp³-hybridized carbons (Fsp3) is 0.321. The second-order valence-corrected chi connectivity index (χ2v) is 30.2. The van der Waals surface area contributed by atoms with Crippen LogP contribution in [0.25, 0.3) is 0 Å². The highest BCUT2D eigenvalue weighted by Crippen LogP contribution is 2.40. The van der Waals surface area contributed by atoms with Gasteiger partial charge in [-0.05, 0) is 204 Å². The number of ether oxygens (including phenoxy) is 16. The second-order valence-electron chi connectivity index (χ2n) is 30.2. The zero-order valence-corrected chi connectivity index (χ0v) is 82.8. The lowest BCUT2D eigenvalue weighted by Crippen LogP contribution is -1.93. The van der Waals surface area contributed by atoms with Crippen molar-refractivity contribution in [2.75, 3.05) is 114 Å². The van der Waals surface area contributed by atoms with Gasteiger partial charge in [0.1, 0.15) is 5.75 Å². The summed E-state index contributed by atoms with van der Waals surface area (Å²) in [6.07, 6.45) is 3.75. The molecule has 0 unspecified atom stereocenters. The van der Waals surface area contributed by atoms with E-state index in [0.29, 0.717) is 109 Å². The zero-order valence-electron chi connectivity index (χ0n) is 82.8. The summed E-state index contributed by atoms with van der Waals surface area (Å²) < 4.78 is 78.1.